The van der Waals surface area contributed by atoms with Gasteiger partial charge in [-0.1, -0.05) is 46.6 Å². The van der Waals surface area contributed by atoms with E-state index in [9.17, 15) is 0 Å². The zero-order chi connectivity index (χ0) is 12.2. The summed E-state index contributed by atoms with van der Waals surface area (Å²) in [5.74, 6) is 2.88. The first kappa shape index (κ1) is 13.8. The highest BCUT2D eigenvalue weighted by Crippen LogP contribution is 2.41. The fourth-order valence-corrected chi connectivity index (χ4v) is 3.54. The van der Waals surface area contributed by atoms with Crippen molar-refractivity contribution in [3.05, 3.63) is 12.7 Å². The molecule has 0 nitrogen and oxygen atoms in total. The van der Waals surface area contributed by atoms with E-state index in [2.05, 4.69) is 40.3 Å². The van der Waals surface area contributed by atoms with Gasteiger partial charge in [0.15, 0.2) is 0 Å². The molecule has 0 bridgehead atoms. The lowest BCUT2D eigenvalue weighted by Gasteiger charge is -2.36. The largest absolute Gasteiger partial charge is 0.103 e. The van der Waals surface area contributed by atoms with Gasteiger partial charge in [0.25, 0.3) is 0 Å². The van der Waals surface area contributed by atoms with Crippen LogP contribution in [-0.4, -0.2) is 0 Å². The van der Waals surface area contributed by atoms with Gasteiger partial charge >= 0.3 is 0 Å². The predicted octanol–water partition coefficient (Wildman–Crippen LogP) is 5.44. The van der Waals surface area contributed by atoms with Crippen molar-refractivity contribution in [3.8, 4) is 0 Å². The Bertz CT molecular complexity index is 214. The molecule has 0 spiro atoms. The molecule has 0 aromatic carbocycles. The van der Waals surface area contributed by atoms with Crippen LogP contribution in [0.1, 0.15) is 66.2 Å². The molecule has 0 radical (unpaired) electrons. The highest BCUT2D eigenvalue weighted by molar-refractivity contribution is 4.91. The van der Waals surface area contributed by atoms with E-state index in [1.54, 1.807) is 0 Å². The summed E-state index contributed by atoms with van der Waals surface area (Å²) < 4.78 is 0. The van der Waals surface area contributed by atoms with E-state index in [0.717, 1.165) is 17.8 Å². The zero-order valence-corrected chi connectivity index (χ0v) is 11.8. The topological polar surface area (TPSA) is 0 Å². The first-order valence-corrected chi connectivity index (χ1v) is 7.10. The first-order valence-electron chi connectivity index (χ1n) is 7.10. The Morgan fingerprint density at radius 3 is 2.38 bits per heavy atom. The summed E-state index contributed by atoms with van der Waals surface area (Å²) in [5, 5.41) is 0. The Morgan fingerprint density at radius 1 is 1.19 bits per heavy atom. The summed E-state index contributed by atoms with van der Waals surface area (Å²) >= 11 is 0. The highest BCUT2D eigenvalue weighted by Gasteiger charge is 2.29. The third-order valence-corrected chi connectivity index (χ3v) is 4.20. The van der Waals surface area contributed by atoms with Gasteiger partial charge in [-0.15, -0.1) is 6.58 Å². The van der Waals surface area contributed by atoms with Gasteiger partial charge < -0.3 is 0 Å². The summed E-state index contributed by atoms with van der Waals surface area (Å²) in [5.41, 5.74) is 0.332. The van der Waals surface area contributed by atoms with E-state index in [1.807, 2.05) is 0 Å². The zero-order valence-electron chi connectivity index (χ0n) is 11.8. The molecule has 1 aliphatic rings. The summed E-state index contributed by atoms with van der Waals surface area (Å²) in [6.45, 7) is 13.4. The molecule has 1 fully saturated rings. The van der Waals surface area contributed by atoms with Crippen LogP contribution in [0.15, 0.2) is 12.7 Å². The lowest BCUT2D eigenvalue weighted by Crippen LogP contribution is -2.25. The van der Waals surface area contributed by atoms with Crippen LogP contribution in [0.25, 0.3) is 0 Å². The maximum Gasteiger partial charge on any atom is -0.0175 e. The smallest absolute Gasteiger partial charge is 0.0175 e. The van der Waals surface area contributed by atoms with Gasteiger partial charge in [0.2, 0.25) is 0 Å². The van der Waals surface area contributed by atoms with Gasteiger partial charge in [-0.2, -0.15) is 0 Å². The maximum absolute atomic E-state index is 3.97. The molecule has 0 saturated heterocycles. The van der Waals surface area contributed by atoms with E-state index in [1.165, 1.54) is 38.5 Å². The van der Waals surface area contributed by atoms with Gasteiger partial charge in [-0.3, -0.25) is 0 Å². The monoisotopic (exact) mass is 222 g/mol. The fourth-order valence-electron chi connectivity index (χ4n) is 3.54. The maximum atomic E-state index is 3.97. The van der Waals surface area contributed by atoms with Crippen molar-refractivity contribution in [1.29, 1.82) is 0 Å². The molecule has 16 heavy (non-hydrogen) atoms. The quantitative estimate of drug-likeness (QED) is 0.543. The Labute approximate surface area is 103 Å². The third-order valence-electron chi connectivity index (χ3n) is 4.20. The Kier molecular flexibility index (Phi) is 5.08. The number of hydrogen-bond donors (Lipinski definition) is 0. The molecule has 0 N–H and O–H groups in total. The molecule has 0 aliphatic heterocycles. The molecule has 1 rings (SSSR count). The second-order valence-electron chi connectivity index (χ2n) is 6.73. The van der Waals surface area contributed by atoms with Crippen molar-refractivity contribution < 1.29 is 0 Å². The summed E-state index contributed by atoms with van der Waals surface area (Å²) in [6.07, 6.45) is 10.7. The molecular weight excluding hydrogens is 192 g/mol. The second kappa shape index (κ2) is 5.89. The lowest BCUT2D eigenvalue weighted by molar-refractivity contribution is 0.161. The predicted molar refractivity (Wildman–Crippen MR) is 73.5 cm³/mol. The van der Waals surface area contributed by atoms with E-state index in [-0.39, 0.29) is 0 Å². The van der Waals surface area contributed by atoms with E-state index >= 15 is 0 Å². The molecule has 3 atom stereocenters. The van der Waals surface area contributed by atoms with Crippen molar-refractivity contribution >= 4 is 0 Å². The van der Waals surface area contributed by atoms with E-state index < -0.39 is 0 Å². The molecule has 0 aromatic heterocycles. The minimum atomic E-state index is 0.332. The molecule has 1 saturated carbocycles. The third kappa shape index (κ3) is 4.31. The minimum absolute atomic E-state index is 0.332. The van der Waals surface area contributed by atoms with Crippen molar-refractivity contribution in [1.82, 2.24) is 0 Å². The van der Waals surface area contributed by atoms with Gasteiger partial charge in [-0.05, 0) is 48.9 Å². The van der Waals surface area contributed by atoms with Gasteiger partial charge in [0.05, 0.1) is 0 Å². The molecule has 0 aromatic rings. The summed E-state index contributed by atoms with van der Waals surface area (Å²) in [4.78, 5) is 0. The average Bonchev–Trinajstić information content (AvgIpc) is 2.16. The number of rotatable bonds is 5. The molecule has 0 amide bonds. The molecule has 0 heteroatoms. The van der Waals surface area contributed by atoms with Crippen LogP contribution in [0.2, 0.25) is 0 Å². The van der Waals surface area contributed by atoms with Crippen LogP contribution in [0.4, 0.5) is 0 Å². The van der Waals surface area contributed by atoms with Crippen LogP contribution in [0.5, 0.6) is 0 Å². The second-order valence-corrected chi connectivity index (χ2v) is 6.73. The number of hydrogen-bond acceptors (Lipinski definition) is 0. The first-order chi connectivity index (χ1) is 7.46. The number of allylic oxidation sites excluding steroid dienone is 1. The van der Waals surface area contributed by atoms with Crippen LogP contribution >= 0.6 is 0 Å². The van der Waals surface area contributed by atoms with Crippen LogP contribution in [0, 0.1) is 23.2 Å². The van der Waals surface area contributed by atoms with Gasteiger partial charge in [-0.25, -0.2) is 0 Å². The summed E-state index contributed by atoms with van der Waals surface area (Å²) in [7, 11) is 0. The Morgan fingerprint density at radius 2 is 1.81 bits per heavy atom. The molecular formula is C16H30. The van der Waals surface area contributed by atoms with Crippen LogP contribution in [-0.2, 0) is 0 Å². The Hall–Kier alpha value is -0.260. The molecule has 94 valence electrons. The standard InChI is InChI=1S/C16H30/c1-6-8-14-9-13(3)10-15(11-14)12-16(4,5)7-2/h7,13-15H,2,6,8-12H2,1,3-5H3. The van der Waals surface area contributed by atoms with Crippen molar-refractivity contribution in [2.24, 2.45) is 23.2 Å². The Balaban J connectivity index is 2.50. The van der Waals surface area contributed by atoms with Crippen molar-refractivity contribution in [2.75, 3.05) is 0 Å². The van der Waals surface area contributed by atoms with Crippen LogP contribution in [0.3, 0.4) is 0 Å². The normalized spacial score (nSPS) is 31.4. The summed E-state index contributed by atoms with van der Waals surface area (Å²) in [6, 6.07) is 0. The highest BCUT2D eigenvalue weighted by atomic mass is 14.3. The van der Waals surface area contributed by atoms with Crippen molar-refractivity contribution in [2.45, 2.75) is 66.2 Å². The van der Waals surface area contributed by atoms with Crippen LogP contribution < -0.4 is 0 Å². The van der Waals surface area contributed by atoms with E-state index in [0.29, 0.717) is 5.41 Å². The fraction of sp³-hybridized carbons (Fsp3) is 0.875. The SMILES string of the molecule is C=CC(C)(C)CC1CC(C)CC(CCC)C1. The van der Waals surface area contributed by atoms with E-state index in [4.69, 9.17) is 0 Å². The lowest BCUT2D eigenvalue weighted by atomic mass is 9.69. The minimum Gasteiger partial charge on any atom is -0.103 e. The van der Waals surface area contributed by atoms with Gasteiger partial charge in [0, 0.05) is 0 Å². The van der Waals surface area contributed by atoms with Crippen molar-refractivity contribution in [3.63, 3.8) is 0 Å². The average molecular weight is 222 g/mol. The van der Waals surface area contributed by atoms with Gasteiger partial charge in [0.1, 0.15) is 0 Å². The molecule has 3 unspecified atom stereocenters. The molecule has 1 aliphatic carbocycles. The molecule has 0 heterocycles.